The predicted molar refractivity (Wildman–Crippen MR) is 96.7 cm³/mol. The number of rotatable bonds is 7. The molecule has 2 aromatic rings. The van der Waals surface area contributed by atoms with Gasteiger partial charge in [0.2, 0.25) is 0 Å². The van der Waals surface area contributed by atoms with Gasteiger partial charge < -0.3 is 15.7 Å². The van der Waals surface area contributed by atoms with Crippen molar-refractivity contribution in [2.75, 3.05) is 5.32 Å². The normalized spacial score (nSPS) is 11.5. The monoisotopic (exact) mass is 378 g/mol. The first kappa shape index (κ1) is 20.3. The first-order chi connectivity index (χ1) is 12.6. The minimum Gasteiger partial charge on any atom is -0.481 e. The topological polar surface area (TPSA) is 122 Å². The van der Waals surface area contributed by atoms with E-state index in [0.29, 0.717) is 5.82 Å². The van der Waals surface area contributed by atoms with Crippen LogP contribution < -0.4 is 10.6 Å². The summed E-state index contributed by atoms with van der Waals surface area (Å²) in [7, 11) is 0. The number of hydrogen-bond donors (Lipinski definition) is 3. The maximum Gasteiger partial charge on any atom is 0.319 e. The van der Waals surface area contributed by atoms with Crippen molar-refractivity contribution in [2.45, 2.75) is 52.1 Å². The van der Waals surface area contributed by atoms with Gasteiger partial charge in [-0.1, -0.05) is 0 Å². The van der Waals surface area contributed by atoms with Crippen LogP contribution in [0.5, 0.6) is 0 Å². The molecular weight excluding hydrogens is 355 g/mol. The number of carboxylic acid groups (broad SMARTS) is 1. The summed E-state index contributed by atoms with van der Waals surface area (Å²) in [4.78, 5) is 22.8. The molecule has 0 saturated carbocycles. The standard InChI is InChI=1S/C17H23FN6O3/c1-10(2)24-15(21-22-23-24)12-6-5-11(9-13(12)18)19-16(27)20-17(3,4)8-7-14(25)26/h5-6,9-10H,7-8H2,1-4H3,(H,25,26)(H2,19,20,27). The second kappa shape index (κ2) is 8.11. The van der Waals surface area contributed by atoms with Crippen LogP contribution in [0.4, 0.5) is 14.9 Å². The predicted octanol–water partition coefficient (Wildman–Crippen LogP) is 2.83. The zero-order valence-corrected chi connectivity index (χ0v) is 15.7. The van der Waals surface area contributed by atoms with Gasteiger partial charge in [-0.3, -0.25) is 4.79 Å². The van der Waals surface area contributed by atoms with Gasteiger partial charge in [-0.05, 0) is 62.7 Å². The Morgan fingerprint density at radius 1 is 1.33 bits per heavy atom. The molecule has 0 atom stereocenters. The van der Waals surface area contributed by atoms with Gasteiger partial charge in [0.1, 0.15) is 5.82 Å². The number of urea groups is 1. The third-order valence-electron chi connectivity index (χ3n) is 3.87. The highest BCUT2D eigenvalue weighted by atomic mass is 19.1. The van der Waals surface area contributed by atoms with E-state index in [-0.39, 0.29) is 30.1 Å². The number of halogens is 1. The number of carbonyl (C=O) groups is 2. The summed E-state index contributed by atoms with van der Waals surface area (Å²) in [5.41, 5.74) is -0.242. The Morgan fingerprint density at radius 3 is 2.63 bits per heavy atom. The van der Waals surface area contributed by atoms with Crippen LogP contribution in [-0.4, -0.2) is 42.9 Å². The van der Waals surface area contributed by atoms with Crippen molar-refractivity contribution in [1.82, 2.24) is 25.5 Å². The molecule has 1 heterocycles. The number of nitrogens with one attached hydrogen (secondary N) is 2. The summed E-state index contributed by atoms with van der Waals surface area (Å²) in [6.07, 6.45) is 0.197. The Hall–Kier alpha value is -3.04. The molecule has 146 valence electrons. The molecule has 1 aromatic carbocycles. The van der Waals surface area contributed by atoms with Crippen molar-refractivity contribution >= 4 is 17.7 Å². The lowest BCUT2D eigenvalue weighted by Gasteiger charge is -2.25. The molecule has 0 spiro atoms. The average molecular weight is 378 g/mol. The molecule has 0 unspecified atom stereocenters. The van der Waals surface area contributed by atoms with E-state index in [1.54, 1.807) is 19.9 Å². The number of nitrogens with zero attached hydrogens (tertiary/aromatic N) is 4. The molecule has 1 aromatic heterocycles. The van der Waals surface area contributed by atoms with Crippen LogP contribution in [0.2, 0.25) is 0 Å². The summed E-state index contributed by atoms with van der Waals surface area (Å²) >= 11 is 0. The second-order valence-electron chi connectivity index (χ2n) is 7.09. The maximum atomic E-state index is 14.5. The smallest absolute Gasteiger partial charge is 0.319 e. The Balaban J connectivity index is 2.08. The summed E-state index contributed by atoms with van der Waals surface area (Å²) in [6.45, 7) is 7.18. The summed E-state index contributed by atoms with van der Waals surface area (Å²) in [5, 5.41) is 25.2. The Kier molecular flexibility index (Phi) is 6.09. The number of aromatic nitrogens is 4. The van der Waals surface area contributed by atoms with E-state index in [0.717, 1.165) is 0 Å². The maximum absolute atomic E-state index is 14.5. The van der Waals surface area contributed by atoms with Gasteiger partial charge in [0.15, 0.2) is 5.82 Å². The molecule has 2 amide bonds. The highest BCUT2D eigenvalue weighted by molar-refractivity contribution is 5.90. The number of carboxylic acids is 1. The number of amides is 2. The van der Waals surface area contributed by atoms with E-state index >= 15 is 0 Å². The van der Waals surface area contributed by atoms with Crippen LogP contribution in [0.15, 0.2) is 18.2 Å². The molecule has 0 bridgehead atoms. The molecule has 10 heteroatoms. The number of hydrogen-bond acceptors (Lipinski definition) is 5. The number of tetrazole rings is 1. The highest BCUT2D eigenvalue weighted by Crippen LogP contribution is 2.25. The van der Waals surface area contributed by atoms with Gasteiger partial charge in [0.25, 0.3) is 0 Å². The van der Waals surface area contributed by atoms with Crippen LogP contribution in [-0.2, 0) is 4.79 Å². The van der Waals surface area contributed by atoms with Gasteiger partial charge in [-0.15, -0.1) is 5.10 Å². The van der Waals surface area contributed by atoms with Gasteiger partial charge in [0.05, 0.1) is 11.6 Å². The second-order valence-corrected chi connectivity index (χ2v) is 7.09. The van der Waals surface area contributed by atoms with Crippen molar-refractivity contribution in [3.05, 3.63) is 24.0 Å². The molecule has 9 nitrogen and oxygen atoms in total. The molecule has 0 aliphatic rings. The highest BCUT2D eigenvalue weighted by Gasteiger charge is 2.22. The molecule has 0 aliphatic carbocycles. The lowest BCUT2D eigenvalue weighted by molar-refractivity contribution is -0.137. The minimum atomic E-state index is -0.938. The first-order valence-corrected chi connectivity index (χ1v) is 8.48. The van der Waals surface area contributed by atoms with Gasteiger partial charge >= 0.3 is 12.0 Å². The van der Waals surface area contributed by atoms with Crippen molar-refractivity contribution in [2.24, 2.45) is 0 Å². The van der Waals surface area contributed by atoms with Crippen LogP contribution >= 0.6 is 0 Å². The van der Waals surface area contributed by atoms with Crippen molar-refractivity contribution in [3.63, 3.8) is 0 Å². The molecule has 0 radical (unpaired) electrons. The van der Waals surface area contributed by atoms with Crippen molar-refractivity contribution in [1.29, 1.82) is 0 Å². The molecule has 27 heavy (non-hydrogen) atoms. The fraction of sp³-hybridized carbons (Fsp3) is 0.471. The third-order valence-corrected chi connectivity index (χ3v) is 3.87. The first-order valence-electron chi connectivity index (χ1n) is 8.48. The van der Waals surface area contributed by atoms with Gasteiger partial charge in [-0.25, -0.2) is 13.9 Å². The van der Waals surface area contributed by atoms with Crippen molar-refractivity contribution < 1.29 is 19.1 Å². The van der Waals surface area contributed by atoms with E-state index in [9.17, 15) is 14.0 Å². The lowest BCUT2D eigenvalue weighted by Crippen LogP contribution is -2.45. The summed E-state index contributed by atoms with van der Waals surface area (Å²) < 4.78 is 16.0. The molecule has 0 fully saturated rings. The van der Waals surface area contributed by atoms with E-state index in [2.05, 4.69) is 26.2 Å². The zero-order chi connectivity index (χ0) is 20.2. The molecule has 2 rings (SSSR count). The minimum absolute atomic E-state index is 0.0361. The molecule has 3 N–H and O–H groups in total. The van der Waals surface area contributed by atoms with E-state index in [1.165, 1.54) is 16.8 Å². The lowest BCUT2D eigenvalue weighted by atomic mass is 9.99. The van der Waals surface area contributed by atoms with E-state index in [1.807, 2.05) is 13.8 Å². The molecule has 0 saturated heterocycles. The van der Waals surface area contributed by atoms with Crippen LogP contribution in [0, 0.1) is 5.82 Å². The van der Waals surface area contributed by atoms with Crippen LogP contribution in [0.1, 0.15) is 46.6 Å². The number of benzene rings is 1. The fourth-order valence-electron chi connectivity index (χ4n) is 2.44. The Bertz CT molecular complexity index is 834. The summed E-state index contributed by atoms with van der Waals surface area (Å²) in [6, 6.07) is 3.63. The largest absolute Gasteiger partial charge is 0.481 e. The van der Waals surface area contributed by atoms with Gasteiger partial charge in [-0.2, -0.15) is 0 Å². The number of carbonyl (C=O) groups excluding carboxylic acids is 1. The van der Waals surface area contributed by atoms with E-state index in [4.69, 9.17) is 5.11 Å². The van der Waals surface area contributed by atoms with Gasteiger partial charge in [0, 0.05) is 17.6 Å². The number of aliphatic carboxylic acids is 1. The Morgan fingerprint density at radius 2 is 2.04 bits per heavy atom. The van der Waals surface area contributed by atoms with E-state index < -0.39 is 23.4 Å². The molecular formula is C17H23FN6O3. The van der Waals surface area contributed by atoms with Crippen LogP contribution in [0.25, 0.3) is 11.4 Å². The third kappa shape index (κ3) is 5.47. The summed E-state index contributed by atoms with van der Waals surface area (Å²) in [5.74, 6) is -1.21. The SMILES string of the molecule is CC(C)n1nnnc1-c1ccc(NC(=O)NC(C)(C)CCC(=O)O)cc1F. The van der Waals surface area contributed by atoms with Crippen molar-refractivity contribution in [3.8, 4) is 11.4 Å². The number of anilines is 1. The Labute approximate surface area is 156 Å². The average Bonchev–Trinajstić information content (AvgIpc) is 3.02. The quantitative estimate of drug-likeness (QED) is 0.681. The van der Waals surface area contributed by atoms with Crippen LogP contribution in [0.3, 0.4) is 0 Å². The molecule has 0 aliphatic heterocycles. The zero-order valence-electron chi connectivity index (χ0n) is 15.7. The fourth-order valence-corrected chi connectivity index (χ4v) is 2.44.